The molecule has 0 saturated carbocycles. The molecule has 28 heavy (non-hydrogen) atoms. The van der Waals surface area contributed by atoms with Gasteiger partial charge in [-0.1, -0.05) is 18.2 Å². The number of aryl methyl sites for hydroxylation is 1. The predicted molar refractivity (Wildman–Crippen MR) is 101 cm³/mol. The maximum absolute atomic E-state index is 14.6. The molecule has 2 aromatic rings. The zero-order valence-corrected chi connectivity index (χ0v) is 15.5. The number of amides is 3. The average molecular weight is 387 g/mol. The number of hydrogen-bond acceptors (Lipinski definition) is 4. The van der Waals surface area contributed by atoms with Crippen LogP contribution in [0.25, 0.3) is 0 Å². The van der Waals surface area contributed by atoms with Crippen molar-refractivity contribution in [2.75, 3.05) is 31.2 Å². The second-order valence-corrected chi connectivity index (χ2v) is 6.55. The van der Waals surface area contributed by atoms with Gasteiger partial charge in [0.1, 0.15) is 5.82 Å². The second-order valence-electron chi connectivity index (χ2n) is 6.55. The van der Waals surface area contributed by atoms with Crippen LogP contribution in [0.4, 0.5) is 14.9 Å². The van der Waals surface area contributed by atoms with Crippen LogP contribution in [0.5, 0.6) is 0 Å². The van der Waals surface area contributed by atoms with Crippen LogP contribution in [0.15, 0.2) is 42.5 Å². The van der Waals surface area contributed by atoms with E-state index in [-0.39, 0.29) is 23.7 Å². The standard InChI is InChI=1S/C20H22FN3O4/c1-14-3-2-4-17(11-14)24(20(26)23-7-9-28-10-8-23)13-16-6-5-15(12-18(16)21)19(25)22-27/h2-6,11-12,27H,7-10,13H2,1H3,(H,22,25). The van der Waals surface area contributed by atoms with Crippen molar-refractivity contribution >= 4 is 17.6 Å². The first kappa shape index (κ1) is 19.8. The number of morpholine rings is 1. The van der Waals surface area contributed by atoms with Crippen LogP contribution in [-0.2, 0) is 11.3 Å². The van der Waals surface area contributed by atoms with E-state index in [0.717, 1.165) is 11.6 Å². The Morgan fingerprint density at radius 2 is 1.96 bits per heavy atom. The summed E-state index contributed by atoms with van der Waals surface area (Å²) in [6.07, 6.45) is 0. The molecule has 148 valence electrons. The molecule has 0 aliphatic carbocycles. The zero-order valence-electron chi connectivity index (χ0n) is 15.5. The van der Waals surface area contributed by atoms with E-state index in [1.807, 2.05) is 25.1 Å². The number of benzene rings is 2. The fourth-order valence-electron chi connectivity index (χ4n) is 3.04. The van der Waals surface area contributed by atoms with Crippen LogP contribution in [0, 0.1) is 12.7 Å². The summed E-state index contributed by atoms with van der Waals surface area (Å²) in [4.78, 5) is 27.8. The van der Waals surface area contributed by atoms with E-state index in [0.29, 0.717) is 32.0 Å². The quantitative estimate of drug-likeness (QED) is 0.624. The molecule has 1 saturated heterocycles. The minimum absolute atomic E-state index is 0.00645. The lowest BCUT2D eigenvalue weighted by molar-refractivity contribution is 0.0548. The van der Waals surface area contributed by atoms with Gasteiger partial charge in [-0.15, -0.1) is 0 Å². The molecule has 0 atom stereocenters. The van der Waals surface area contributed by atoms with Gasteiger partial charge in [0.15, 0.2) is 0 Å². The van der Waals surface area contributed by atoms with Gasteiger partial charge in [-0.3, -0.25) is 14.9 Å². The molecule has 0 aromatic heterocycles. The number of hydroxylamine groups is 1. The largest absolute Gasteiger partial charge is 0.378 e. The van der Waals surface area contributed by atoms with E-state index >= 15 is 0 Å². The highest BCUT2D eigenvalue weighted by atomic mass is 19.1. The summed E-state index contributed by atoms with van der Waals surface area (Å²) in [6.45, 7) is 3.80. The highest BCUT2D eigenvalue weighted by Gasteiger charge is 2.25. The molecule has 1 aliphatic rings. The molecule has 0 spiro atoms. The van der Waals surface area contributed by atoms with Gasteiger partial charge in [-0.2, -0.15) is 0 Å². The fourth-order valence-corrected chi connectivity index (χ4v) is 3.04. The Kier molecular flexibility index (Phi) is 6.23. The van der Waals surface area contributed by atoms with Gasteiger partial charge in [0, 0.05) is 29.9 Å². The number of carbonyl (C=O) groups excluding carboxylic acids is 2. The molecule has 2 aromatic carbocycles. The molecule has 0 bridgehead atoms. The van der Waals surface area contributed by atoms with Crippen LogP contribution in [-0.4, -0.2) is 48.3 Å². The SMILES string of the molecule is Cc1cccc(N(Cc2ccc(C(=O)NO)cc2F)C(=O)N2CCOCC2)c1. The third-order valence-electron chi connectivity index (χ3n) is 4.57. The summed E-state index contributed by atoms with van der Waals surface area (Å²) >= 11 is 0. The zero-order chi connectivity index (χ0) is 20.1. The van der Waals surface area contributed by atoms with Gasteiger partial charge in [-0.25, -0.2) is 14.7 Å². The molecule has 0 radical (unpaired) electrons. The molecule has 2 N–H and O–H groups in total. The van der Waals surface area contributed by atoms with Crippen molar-refractivity contribution in [2.45, 2.75) is 13.5 Å². The van der Waals surface area contributed by atoms with Gasteiger partial charge in [-0.05, 0) is 36.8 Å². The third kappa shape index (κ3) is 4.47. The Hall–Kier alpha value is -2.97. The van der Waals surface area contributed by atoms with Crippen molar-refractivity contribution in [1.82, 2.24) is 10.4 Å². The van der Waals surface area contributed by atoms with Crippen LogP contribution in [0.1, 0.15) is 21.5 Å². The van der Waals surface area contributed by atoms with E-state index in [9.17, 15) is 14.0 Å². The normalized spacial score (nSPS) is 13.9. The van der Waals surface area contributed by atoms with E-state index in [1.54, 1.807) is 11.0 Å². The van der Waals surface area contributed by atoms with Crippen molar-refractivity contribution < 1.29 is 23.9 Å². The Labute approximate surface area is 162 Å². The molecular weight excluding hydrogens is 365 g/mol. The molecule has 1 heterocycles. The highest BCUT2D eigenvalue weighted by molar-refractivity contribution is 5.94. The van der Waals surface area contributed by atoms with Crippen molar-refractivity contribution in [3.63, 3.8) is 0 Å². The molecule has 3 rings (SSSR count). The minimum Gasteiger partial charge on any atom is -0.378 e. The Bertz CT molecular complexity index is 868. The smallest absolute Gasteiger partial charge is 0.324 e. The number of rotatable bonds is 4. The van der Waals surface area contributed by atoms with E-state index in [1.165, 1.54) is 22.5 Å². The summed E-state index contributed by atoms with van der Waals surface area (Å²) < 4.78 is 19.9. The predicted octanol–water partition coefficient (Wildman–Crippen LogP) is 2.71. The number of anilines is 1. The number of nitrogens with zero attached hydrogens (tertiary/aromatic N) is 2. The van der Waals surface area contributed by atoms with Gasteiger partial charge in [0.25, 0.3) is 5.91 Å². The molecule has 7 nitrogen and oxygen atoms in total. The fraction of sp³-hybridized carbons (Fsp3) is 0.300. The number of hydrogen-bond donors (Lipinski definition) is 2. The number of halogens is 1. The summed E-state index contributed by atoms with van der Waals surface area (Å²) in [7, 11) is 0. The van der Waals surface area contributed by atoms with Crippen molar-refractivity contribution in [1.29, 1.82) is 0 Å². The lowest BCUT2D eigenvalue weighted by Gasteiger charge is -2.33. The first-order chi connectivity index (χ1) is 13.5. The summed E-state index contributed by atoms with van der Waals surface area (Å²) in [5.41, 5.74) is 3.37. The number of ether oxygens (including phenoxy) is 1. The van der Waals surface area contributed by atoms with Crippen LogP contribution >= 0.6 is 0 Å². The lowest BCUT2D eigenvalue weighted by Crippen LogP contribution is -2.48. The maximum Gasteiger partial charge on any atom is 0.324 e. The second kappa shape index (κ2) is 8.81. The van der Waals surface area contributed by atoms with Crippen molar-refractivity contribution in [3.05, 3.63) is 65.0 Å². The van der Waals surface area contributed by atoms with Crippen molar-refractivity contribution in [3.8, 4) is 0 Å². The van der Waals surface area contributed by atoms with Gasteiger partial charge in [0.2, 0.25) is 0 Å². The van der Waals surface area contributed by atoms with E-state index < -0.39 is 11.7 Å². The Morgan fingerprint density at radius 1 is 1.21 bits per heavy atom. The molecular formula is C20H22FN3O4. The average Bonchev–Trinajstić information content (AvgIpc) is 2.72. The van der Waals surface area contributed by atoms with Gasteiger partial charge < -0.3 is 9.64 Å². The molecule has 0 unspecified atom stereocenters. The highest BCUT2D eigenvalue weighted by Crippen LogP contribution is 2.23. The van der Waals surface area contributed by atoms with Crippen LogP contribution in [0.3, 0.4) is 0 Å². The molecule has 3 amide bonds. The van der Waals surface area contributed by atoms with E-state index in [4.69, 9.17) is 9.94 Å². The summed E-state index contributed by atoms with van der Waals surface area (Å²) in [6, 6.07) is 11.1. The van der Waals surface area contributed by atoms with Crippen molar-refractivity contribution in [2.24, 2.45) is 0 Å². The van der Waals surface area contributed by atoms with Crippen LogP contribution in [0.2, 0.25) is 0 Å². The molecule has 1 fully saturated rings. The van der Waals surface area contributed by atoms with E-state index in [2.05, 4.69) is 0 Å². The number of nitrogens with one attached hydrogen (secondary N) is 1. The molecule has 8 heteroatoms. The first-order valence-corrected chi connectivity index (χ1v) is 8.93. The van der Waals surface area contributed by atoms with Gasteiger partial charge in [0.05, 0.1) is 19.8 Å². The first-order valence-electron chi connectivity index (χ1n) is 8.93. The Balaban J connectivity index is 1.91. The number of urea groups is 1. The summed E-state index contributed by atoms with van der Waals surface area (Å²) in [5.74, 6) is -1.43. The number of carbonyl (C=O) groups is 2. The minimum atomic E-state index is -0.801. The van der Waals surface area contributed by atoms with Gasteiger partial charge >= 0.3 is 6.03 Å². The maximum atomic E-state index is 14.6. The molecule has 1 aliphatic heterocycles. The lowest BCUT2D eigenvalue weighted by atomic mass is 10.1. The third-order valence-corrected chi connectivity index (χ3v) is 4.57. The topological polar surface area (TPSA) is 82.1 Å². The Morgan fingerprint density at radius 3 is 2.61 bits per heavy atom. The van der Waals surface area contributed by atoms with Crippen LogP contribution < -0.4 is 10.4 Å². The summed E-state index contributed by atoms with van der Waals surface area (Å²) in [5, 5.41) is 8.69. The monoisotopic (exact) mass is 387 g/mol.